The smallest absolute Gasteiger partial charge is 0.185 e. The minimum atomic E-state index is -3.76. The van der Waals surface area contributed by atoms with Gasteiger partial charge in [0, 0.05) is 5.56 Å². The largest absolute Gasteiger partial charge is 0.293 e. The molecule has 0 aliphatic heterocycles. The first kappa shape index (κ1) is 14.4. The summed E-state index contributed by atoms with van der Waals surface area (Å²) < 4.78 is 37.0. The average molecular weight is 292 g/mol. The number of aryl methyl sites for hydroxylation is 1. The van der Waals surface area contributed by atoms with Crippen molar-refractivity contribution >= 4 is 15.6 Å². The molecular weight excluding hydrogens is 279 g/mol. The van der Waals surface area contributed by atoms with Gasteiger partial charge in [-0.25, -0.2) is 12.8 Å². The molecule has 0 fully saturated rings. The summed E-state index contributed by atoms with van der Waals surface area (Å²) in [6.07, 6.45) is 0. The molecule has 0 heterocycles. The Hall–Kier alpha value is -2.01. The van der Waals surface area contributed by atoms with Gasteiger partial charge in [0.25, 0.3) is 0 Å². The predicted octanol–water partition coefficient (Wildman–Crippen LogP) is 2.79. The van der Waals surface area contributed by atoms with Crippen LogP contribution in [0.15, 0.2) is 53.4 Å². The fourth-order valence-electron chi connectivity index (χ4n) is 1.86. The molecule has 2 aromatic rings. The summed E-state index contributed by atoms with van der Waals surface area (Å²) in [7, 11) is -3.76. The van der Waals surface area contributed by atoms with Crippen LogP contribution in [0.5, 0.6) is 0 Å². The summed E-state index contributed by atoms with van der Waals surface area (Å²) >= 11 is 0. The van der Waals surface area contributed by atoms with E-state index in [1.807, 2.05) is 0 Å². The molecule has 0 unspecified atom stereocenters. The van der Waals surface area contributed by atoms with Crippen molar-refractivity contribution in [3.8, 4) is 0 Å². The van der Waals surface area contributed by atoms with Crippen LogP contribution in [0.25, 0.3) is 0 Å². The number of sulfone groups is 1. The molecule has 0 aliphatic rings. The van der Waals surface area contributed by atoms with Gasteiger partial charge in [0.05, 0.1) is 4.90 Å². The van der Waals surface area contributed by atoms with E-state index in [4.69, 9.17) is 0 Å². The number of Topliss-reactive ketones (excluding diaryl/α,β-unsaturated/α-hetero) is 1. The fourth-order valence-corrected chi connectivity index (χ4v) is 3.08. The van der Waals surface area contributed by atoms with Gasteiger partial charge < -0.3 is 0 Å². The van der Waals surface area contributed by atoms with Crippen molar-refractivity contribution in [3.05, 3.63) is 65.5 Å². The van der Waals surface area contributed by atoms with E-state index in [0.717, 1.165) is 29.8 Å². The Balaban J connectivity index is 2.27. The second-order valence-corrected chi connectivity index (χ2v) is 6.44. The van der Waals surface area contributed by atoms with Crippen LogP contribution < -0.4 is 0 Å². The maximum absolute atomic E-state index is 12.8. The summed E-state index contributed by atoms with van der Waals surface area (Å²) in [5, 5.41) is 0. The lowest BCUT2D eigenvalue weighted by Gasteiger charge is -2.06. The third-order valence-corrected chi connectivity index (χ3v) is 4.57. The van der Waals surface area contributed by atoms with Crippen LogP contribution in [0.1, 0.15) is 15.9 Å². The van der Waals surface area contributed by atoms with E-state index >= 15 is 0 Å². The molecule has 0 spiro atoms. The third kappa shape index (κ3) is 3.11. The molecule has 104 valence electrons. The Labute approximate surface area is 117 Å². The second kappa shape index (κ2) is 5.54. The molecule has 3 nitrogen and oxygen atoms in total. The van der Waals surface area contributed by atoms with Gasteiger partial charge in [-0.15, -0.1) is 0 Å². The minimum absolute atomic E-state index is 0.0548. The highest BCUT2D eigenvalue weighted by Gasteiger charge is 2.21. The molecular formula is C15H13FO3S. The van der Waals surface area contributed by atoms with Crippen molar-refractivity contribution in [1.29, 1.82) is 0 Å². The predicted molar refractivity (Wildman–Crippen MR) is 74.0 cm³/mol. The molecule has 0 aliphatic carbocycles. The highest BCUT2D eigenvalue weighted by molar-refractivity contribution is 7.92. The average Bonchev–Trinajstić information content (AvgIpc) is 2.39. The monoisotopic (exact) mass is 292 g/mol. The van der Waals surface area contributed by atoms with Gasteiger partial charge in [0.2, 0.25) is 0 Å². The summed E-state index contributed by atoms with van der Waals surface area (Å²) in [6.45, 7) is 1.75. The van der Waals surface area contributed by atoms with Crippen LogP contribution in [0.2, 0.25) is 0 Å². The summed E-state index contributed by atoms with van der Waals surface area (Å²) in [4.78, 5) is 12.0. The first-order valence-corrected chi connectivity index (χ1v) is 7.62. The number of halogens is 1. The van der Waals surface area contributed by atoms with Crippen LogP contribution in [0, 0.1) is 12.7 Å². The standard InChI is InChI=1S/C15H13FO3S/c1-11-4-2-3-5-14(11)15(17)10-20(18,19)13-8-6-12(16)7-9-13/h2-9H,10H2,1H3. The fraction of sp³-hybridized carbons (Fsp3) is 0.133. The summed E-state index contributed by atoms with van der Waals surface area (Å²) in [5.74, 6) is -1.61. The zero-order chi connectivity index (χ0) is 14.8. The number of carbonyl (C=O) groups is 1. The first-order valence-electron chi connectivity index (χ1n) is 5.97. The maximum atomic E-state index is 12.8. The van der Waals surface area contributed by atoms with Crippen molar-refractivity contribution in [3.63, 3.8) is 0 Å². The summed E-state index contributed by atoms with van der Waals surface area (Å²) in [5.41, 5.74) is 1.12. The molecule has 0 N–H and O–H groups in total. The Bertz CT molecular complexity index is 734. The lowest BCUT2D eigenvalue weighted by Crippen LogP contribution is -2.17. The summed E-state index contributed by atoms with van der Waals surface area (Å²) in [6, 6.07) is 11.3. The highest BCUT2D eigenvalue weighted by Crippen LogP contribution is 2.15. The lowest BCUT2D eigenvalue weighted by atomic mass is 10.1. The zero-order valence-corrected chi connectivity index (χ0v) is 11.7. The molecule has 0 saturated carbocycles. The van der Waals surface area contributed by atoms with E-state index in [0.29, 0.717) is 5.56 Å². The van der Waals surface area contributed by atoms with E-state index in [1.165, 1.54) is 0 Å². The number of hydrogen-bond acceptors (Lipinski definition) is 3. The van der Waals surface area contributed by atoms with Gasteiger partial charge in [-0.2, -0.15) is 0 Å². The normalized spacial score (nSPS) is 11.3. The van der Waals surface area contributed by atoms with Gasteiger partial charge >= 0.3 is 0 Å². The Morgan fingerprint density at radius 3 is 2.25 bits per heavy atom. The number of ketones is 1. The quantitative estimate of drug-likeness (QED) is 0.643. The van der Waals surface area contributed by atoms with E-state index < -0.39 is 27.2 Å². The molecule has 0 amide bonds. The Morgan fingerprint density at radius 2 is 1.65 bits per heavy atom. The molecule has 0 atom stereocenters. The van der Waals surface area contributed by atoms with E-state index in [1.54, 1.807) is 31.2 Å². The lowest BCUT2D eigenvalue weighted by molar-refractivity contribution is 0.102. The molecule has 20 heavy (non-hydrogen) atoms. The van der Waals surface area contributed by atoms with Crippen molar-refractivity contribution in [2.45, 2.75) is 11.8 Å². The second-order valence-electron chi connectivity index (χ2n) is 4.45. The van der Waals surface area contributed by atoms with Crippen LogP contribution in [0.3, 0.4) is 0 Å². The van der Waals surface area contributed by atoms with Gasteiger partial charge in [-0.1, -0.05) is 24.3 Å². The van der Waals surface area contributed by atoms with Gasteiger partial charge in [0.1, 0.15) is 11.6 Å². The molecule has 0 saturated heterocycles. The number of hydrogen-bond donors (Lipinski definition) is 0. The van der Waals surface area contributed by atoms with Gasteiger partial charge in [-0.05, 0) is 36.8 Å². The Kier molecular flexibility index (Phi) is 3.99. The van der Waals surface area contributed by atoms with Crippen LogP contribution in [-0.4, -0.2) is 20.0 Å². The molecule has 2 aromatic carbocycles. The van der Waals surface area contributed by atoms with Crippen LogP contribution in [0.4, 0.5) is 4.39 Å². The van der Waals surface area contributed by atoms with Gasteiger partial charge in [0.15, 0.2) is 15.6 Å². The first-order chi connectivity index (χ1) is 9.40. The van der Waals surface area contributed by atoms with Gasteiger partial charge in [-0.3, -0.25) is 4.79 Å². The van der Waals surface area contributed by atoms with Crippen molar-refractivity contribution in [2.75, 3.05) is 5.75 Å². The Morgan fingerprint density at radius 1 is 1.05 bits per heavy atom. The molecule has 2 rings (SSSR count). The van der Waals surface area contributed by atoms with Crippen molar-refractivity contribution in [2.24, 2.45) is 0 Å². The van der Waals surface area contributed by atoms with Crippen LogP contribution in [-0.2, 0) is 9.84 Å². The molecule has 0 radical (unpaired) electrons. The minimum Gasteiger partial charge on any atom is -0.293 e. The van der Waals surface area contributed by atoms with E-state index in [2.05, 4.69) is 0 Å². The van der Waals surface area contributed by atoms with Crippen molar-refractivity contribution < 1.29 is 17.6 Å². The topological polar surface area (TPSA) is 51.2 Å². The third-order valence-electron chi connectivity index (χ3n) is 2.94. The van der Waals surface area contributed by atoms with E-state index in [9.17, 15) is 17.6 Å². The zero-order valence-electron chi connectivity index (χ0n) is 10.8. The SMILES string of the molecule is Cc1ccccc1C(=O)CS(=O)(=O)c1ccc(F)cc1. The maximum Gasteiger partial charge on any atom is 0.185 e. The molecule has 0 bridgehead atoms. The highest BCUT2D eigenvalue weighted by atomic mass is 32.2. The number of benzene rings is 2. The van der Waals surface area contributed by atoms with Crippen molar-refractivity contribution in [1.82, 2.24) is 0 Å². The van der Waals surface area contributed by atoms with E-state index in [-0.39, 0.29) is 4.90 Å². The molecule has 0 aromatic heterocycles. The number of rotatable bonds is 4. The number of carbonyl (C=O) groups excluding carboxylic acids is 1. The molecule has 5 heteroatoms. The van der Waals surface area contributed by atoms with Crippen LogP contribution >= 0.6 is 0 Å².